The summed E-state index contributed by atoms with van der Waals surface area (Å²) in [6.07, 6.45) is 0.792. The molecule has 1 fully saturated rings. The number of aryl methyl sites for hydroxylation is 1. The van der Waals surface area contributed by atoms with Crippen LogP contribution in [0, 0.1) is 18.7 Å². The Kier molecular flexibility index (Phi) is 14.0. The molecule has 0 radical (unpaired) electrons. The Morgan fingerprint density at radius 2 is 1.63 bits per heavy atom. The van der Waals surface area contributed by atoms with Crippen molar-refractivity contribution in [2.75, 3.05) is 26.2 Å². The Labute approximate surface area is 380 Å². The summed E-state index contributed by atoms with van der Waals surface area (Å²) < 4.78 is 21.4. The van der Waals surface area contributed by atoms with Crippen LogP contribution in [0.1, 0.15) is 67.6 Å². The van der Waals surface area contributed by atoms with Crippen LogP contribution in [0.2, 0.25) is 0 Å². The number of ether oxygens (including phenoxy) is 1. The van der Waals surface area contributed by atoms with Crippen molar-refractivity contribution >= 4 is 34.1 Å². The van der Waals surface area contributed by atoms with Crippen LogP contribution in [0.15, 0.2) is 138 Å². The van der Waals surface area contributed by atoms with Gasteiger partial charge in [0.25, 0.3) is 5.91 Å². The number of rotatable bonds is 16. The van der Waals surface area contributed by atoms with Crippen LogP contribution in [-0.2, 0) is 34.8 Å². The summed E-state index contributed by atoms with van der Waals surface area (Å²) >= 11 is 1.43. The predicted octanol–water partition coefficient (Wildman–Crippen LogP) is 7.85. The Morgan fingerprint density at radius 1 is 0.892 bits per heavy atom. The standard InChI is InChI=1S/C52H51FN4O7S/c1-33-25-43(44(53)27-37(33)28-54-30-46(59)41-16-18-45(58)49-42(41)17-20-48(60)56-49)50(61)55-29-40-15-19-47(65-40)36-11-8-14-39(26-36)52(63,38-12-6-3-7-13-38)51(62)64-32-35-21-23-57(24-22-35)31-34-9-4-2-5-10-34/h2-20,25-27,35,46,54,58-59,63H,21-24,28-32H2,1H3,(H,55,61)(H,56,60). The number of esters is 1. The molecule has 0 saturated carbocycles. The zero-order valence-corrected chi connectivity index (χ0v) is 36.7. The first kappa shape index (κ1) is 45.1. The highest BCUT2D eigenvalue weighted by Crippen LogP contribution is 2.36. The lowest BCUT2D eigenvalue weighted by atomic mass is 9.85. The number of aromatic hydroxyl groups is 1. The van der Waals surface area contributed by atoms with Gasteiger partial charge in [-0.05, 0) is 115 Å². The van der Waals surface area contributed by atoms with Crippen molar-refractivity contribution in [3.8, 4) is 16.2 Å². The molecule has 8 rings (SSSR count). The second kappa shape index (κ2) is 20.1. The van der Waals surface area contributed by atoms with Gasteiger partial charge in [-0.3, -0.25) is 14.5 Å². The normalized spacial score (nSPS) is 14.8. The smallest absolute Gasteiger partial charge is 0.347 e. The first-order valence-corrected chi connectivity index (χ1v) is 22.5. The number of thiophene rings is 1. The van der Waals surface area contributed by atoms with Crippen LogP contribution >= 0.6 is 11.3 Å². The molecular weight excluding hydrogens is 844 g/mol. The highest BCUT2D eigenvalue weighted by molar-refractivity contribution is 7.15. The molecule has 2 aromatic heterocycles. The van der Waals surface area contributed by atoms with Gasteiger partial charge < -0.3 is 35.7 Å². The number of aliphatic hydroxyl groups is 2. The minimum atomic E-state index is -2.05. The Morgan fingerprint density at radius 3 is 2.40 bits per heavy atom. The summed E-state index contributed by atoms with van der Waals surface area (Å²) in [6.45, 7) is 5.16. The third-order valence-corrected chi connectivity index (χ3v) is 13.3. The maximum Gasteiger partial charge on any atom is 0.347 e. The molecule has 3 heterocycles. The quantitative estimate of drug-likeness (QED) is 0.0531. The maximum atomic E-state index is 15.4. The number of pyridine rings is 1. The van der Waals surface area contributed by atoms with Crippen molar-refractivity contribution in [2.45, 2.75) is 51.1 Å². The van der Waals surface area contributed by atoms with Gasteiger partial charge in [-0.25, -0.2) is 9.18 Å². The molecule has 13 heteroatoms. The number of likely N-dealkylation sites (tertiary alicyclic amines) is 1. The zero-order valence-electron chi connectivity index (χ0n) is 35.9. The van der Waals surface area contributed by atoms with Crippen LogP contribution in [0.3, 0.4) is 0 Å². The molecule has 7 aromatic rings. The molecule has 5 aromatic carbocycles. The van der Waals surface area contributed by atoms with E-state index in [2.05, 4.69) is 32.7 Å². The van der Waals surface area contributed by atoms with Crippen LogP contribution in [0.25, 0.3) is 21.3 Å². The average Bonchev–Trinajstić information content (AvgIpc) is 3.81. The lowest BCUT2D eigenvalue weighted by molar-refractivity contribution is -0.164. The minimum Gasteiger partial charge on any atom is -0.506 e. The van der Waals surface area contributed by atoms with E-state index in [1.165, 1.54) is 41.2 Å². The molecule has 334 valence electrons. The van der Waals surface area contributed by atoms with E-state index in [0.717, 1.165) is 47.8 Å². The van der Waals surface area contributed by atoms with E-state index in [0.29, 0.717) is 33.2 Å². The van der Waals surface area contributed by atoms with Crippen LogP contribution < -0.4 is 16.2 Å². The van der Waals surface area contributed by atoms with Gasteiger partial charge in [0.05, 0.1) is 30.3 Å². The predicted molar refractivity (Wildman–Crippen MR) is 250 cm³/mol. The number of aromatic amines is 1. The molecule has 2 unspecified atom stereocenters. The van der Waals surface area contributed by atoms with Gasteiger partial charge >= 0.3 is 5.97 Å². The van der Waals surface area contributed by atoms with Gasteiger partial charge in [0, 0.05) is 46.4 Å². The molecule has 0 spiro atoms. The number of aromatic nitrogens is 1. The summed E-state index contributed by atoms with van der Waals surface area (Å²) in [5.74, 6) is -1.90. The fourth-order valence-electron chi connectivity index (χ4n) is 8.41. The van der Waals surface area contributed by atoms with E-state index in [9.17, 15) is 29.7 Å². The summed E-state index contributed by atoms with van der Waals surface area (Å²) in [5, 5.41) is 39.9. The van der Waals surface area contributed by atoms with E-state index >= 15 is 4.39 Å². The molecule has 1 aliphatic rings. The maximum absolute atomic E-state index is 15.4. The summed E-state index contributed by atoms with van der Waals surface area (Å²) in [4.78, 5) is 45.7. The molecule has 1 aliphatic heterocycles. The Balaban J connectivity index is 0.874. The van der Waals surface area contributed by atoms with E-state index in [4.69, 9.17) is 4.74 Å². The number of fused-ring (bicyclic) bond motifs is 1. The van der Waals surface area contributed by atoms with Crippen molar-refractivity contribution in [1.82, 2.24) is 20.5 Å². The van der Waals surface area contributed by atoms with E-state index in [-0.39, 0.29) is 54.5 Å². The highest BCUT2D eigenvalue weighted by Gasteiger charge is 2.42. The Hall–Kier alpha value is -6.48. The molecule has 0 aliphatic carbocycles. The van der Waals surface area contributed by atoms with Crippen LogP contribution in [-0.4, -0.2) is 63.3 Å². The molecule has 6 N–H and O–H groups in total. The first-order valence-electron chi connectivity index (χ1n) is 21.7. The van der Waals surface area contributed by atoms with Gasteiger partial charge in [-0.15, -0.1) is 11.3 Å². The van der Waals surface area contributed by atoms with Crippen molar-refractivity contribution in [3.05, 3.63) is 193 Å². The molecule has 2 atom stereocenters. The molecule has 1 amide bonds. The third kappa shape index (κ3) is 10.4. The number of phenolic OH excluding ortho intramolecular Hbond substituents is 1. The lowest BCUT2D eigenvalue weighted by Gasteiger charge is -2.33. The number of carbonyl (C=O) groups excluding carboxylic acids is 2. The van der Waals surface area contributed by atoms with E-state index in [1.807, 2.05) is 42.5 Å². The second-order valence-corrected chi connectivity index (χ2v) is 17.8. The number of hydrogen-bond donors (Lipinski definition) is 6. The number of H-pyrrole nitrogens is 1. The lowest BCUT2D eigenvalue weighted by Crippen LogP contribution is -2.40. The van der Waals surface area contributed by atoms with Crippen molar-refractivity contribution in [1.29, 1.82) is 0 Å². The number of carbonyl (C=O) groups is 2. The zero-order chi connectivity index (χ0) is 45.5. The third-order valence-electron chi connectivity index (χ3n) is 12.1. The van der Waals surface area contributed by atoms with E-state index in [1.54, 1.807) is 61.5 Å². The van der Waals surface area contributed by atoms with Gasteiger partial charge in [0.2, 0.25) is 11.2 Å². The highest BCUT2D eigenvalue weighted by atomic mass is 32.1. The molecule has 65 heavy (non-hydrogen) atoms. The first-order chi connectivity index (χ1) is 31.5. The van der Waals surface area contributed by atoms with Gasteiger partial charge in [-0.1, -0.05) is 84.9 Å². The monoisotopic (exact) mass is 894 g/mol. The molecule has 1 saturated heterocycles. The number of piperidine rings is 1. The Bertz CT molecular complexity index is 2840. The number of nitrogens with one attached hydrogen (secondary N) is 3. The minimum absolute atomic E-state index is 0.0964. The number of halogens is 1. The summed E-state index contributed by atoms with van der Waals surface area (Å²) in [7, 11) is 0. The SMILES string of the molecule is Cc1cc(C(=O)NCc2ccc(-c3cccc(C(O)(C(=O)OCC4CCN(Cc5ccccc5)CC4)c4ccccc4)c3)s2)c(F)cc1CNCC(O)c1ccc(O)c2[nH]c(=O)ccc12. The number of nitrogens with zero attached hydrogens (tertiary/aromatic N) is 1. The molecule has 0 bridgehead atoms. The average molecular weight is 895 g/mol. The largest absolute Gasteiger partial charge is 0.506 e. The number of aliphatic hydroxyl groups excluding tert-OH is 1. The fraction of sp³-hybridized carbons (Fsp3) is 0.250. The van der Waals surface area contributed by atoms with Crippen molar-refractivity contribution in [2.24, 2.45) is 5.92 Å². The van der Waals surface area contributed by atoms with Crippen molar-refractivity contribution < 1.29 is 34.0 Å². The summed E-state index contributed by atoms with van der Waals surface area (Å²) in [5.41, 5.74) is 2.32. The van der Waals surface area contributed by atoms with Crippen LogP contribution in [0.5, 0.6) is 5.75 Å². The molecule has 11 nitrogen and oxygen atoms in total. The van der Waals surface area contributed by atoms with Crippen LogP contribution in [0.4, 0.5) is 4.39 Å². The second-order valence-electron chi connectivity index (χ2n) is 16.6. The van der Waals surface area contributed by atoms with Gasteiger partial charge in [-0.2, -0.15) is 0 Å². The number of amides is 1. The topological polar surface area (TPSA) is 164 Å². The van der Waals surface area contributed by atoms with Crippen molar-refractivity contribution in [3.63, 3.8) is 0 Å². The van der Waals surface area contributed by atoms with Gasteiger partial charge in [0.15, 0.2) is 0 Å². The fourth-order valence-corrected chi connectivity index (χ4v) is 9.35. The van der Waals surface area contributed by atoms with E-state index < -0.39 is 29.4 Å². The molecular formula is C52H51FN4O7S. The van der Waals surface area contributed by atoms with Gasteiger partial charge in [0.1, 0.15) is 11.6 Å². The number of benzene rings is 5. The number of phenols is 1. The summed E-state index contributed by atoms with van der Waals surface area (Å²) in [6, 6.07) is 38.8. The number of hydrogen-bond acceptors (Lipinski definition) is 10.